The van der Waals surface area contributed by atoms with Crippen molar-refractivity contribution >= 4 is 16.6 Å². The molecule has 2 aromatic heterocycles. The number of hydrogen-bond donors (Lipinski definition) is 1. The van der Waals surface area contributed by atoms with Crippen LogP contribution in [-0.4, -0.2) is 34.0 Å². The SMILES string of the molecule is O=c1cc2c(nn1C1COCC1Nc1ccnc3ccccc13)CCC2. The van der Waals surface area contributed by atoms with Crippen LogP contribution in [0.5, 0.6) is 0 Å². The fraction of sp³-hybridized carbons (Fsp3) is 0.350. The largest absolute Gasteiger partial charge is 0.377 e. The Labute approximate surface area is 150 Å². The van der Waals surface area contributed by atoms with E-state index in [1.165, 1.54) is 0 Å². The second-order valence-corrected chi connectivity index (χ2v) is 6.98. The maximum atomic E-state index is 12.6. The number of fused-ring (bicyclic) bond motifs is 2. The molecule has 0 bridgehead atoms. The second-order valence-electron chi connectivity index (χ2n) is 6.98. The highest BCUT2D eigenvalue weighted by molar-refractivity contribution is 5.91. The first-order valence-corrected chi connectivity index (χ1v) is 9.09. The maximum absolute atomic E-state index is 12.6. The lowest BCUT2D eigenvalue weighted by atomic mass is 10.1. The Balaban J connectivity index is 1.49. The van der Waals surface area contributed by atoms with E-state index < -0.39 is 0 Å². The van der Waals surface area contributed by atoms with E-state index in [1.54, 1.807) is 16.9 Å². The summed E-state index contributed by atoms with van der Waals surface area (Å²) in [6.45, 7) is 1.04. The van der Waals surface area contributed by atoms with E-state index in [0.717, 1.165) is 47.1 Å². The zero-order valence-electron chi connectivity index (χ0n) is 14.4. The molecule has 26 heavy (non-hydrogen) atoms. The summed E-state index contributed by atoms with van der Waals surface area (Å²) in [6, 6.07) is 11.6. The van der Waals surface area contributed by atoms with Crippen molar-refractivity contribution in [1.82, 2.24) is 14.8 Å². The Hall–Kier alpha value is -2.73. The molecule has 6 heteroatoms. The van der Waals surface area contributed by atoms with E-state index in [0.29, 0.717) is 13.2 Å². The molecule has 0 saturated carbocycles. The molecule has 2 atom stereocenters. The van der Waals surface area contributed by atoms with Crippen LogP contribution >= 0.6 is 0 Å². The monoisotopic (exact) mass is 348 g/mol. The minimum Gasteiger partial charge on any atom is -0.377 e. The van der Waals surface area contributed by atoms with Crippen LogP contribution in [0.2, 0.25) is 0 Å². The lowest BCUT2D eigenvalue weighted by Gasteiger charge is -2.22. The molecule has 3 heterocycles. The normalized spacial score (nSPS) is 21.8. The van der Waals surface area contributed by atoms with Crippen molar-refractivity contribution in [2.75, 3.05) is 18.5 Å². The molecule has 1 aliphatic carbocycles. The van der Waals surface area contributed by atoms with Crippen molar-refractivity contribution in [3.8, 4) is 0 Å². The molecule has 0 radical (unpaired) electrons. The fourth-order valence-corrected chi connectivity index (χ4v) is 4.00. The first-order chi connectivity index (χ1) is 12.8. The standard InChI is InChI=1S/C20H20N4O2/c25-20-10-13-4-3-7-15(13)23-24(20)19-12-26-11-18(19)22-17-8-9-21-16-6-2-1-5-14(16)17/h1-2,5-6,8-10,18-19H,3-4,7,11-12H2,(H,21,22). The van der Waals surface area contributed by atoms with Gasteiger partial charge in [-0.15, -0.1) is 0 Å². The summed E-state index contributed by atoms with van der Waals surface area (Å²) < 4.78 is 7.33. The third-order valence-electron chi connectivity index (χ3n) is 5.34. The third kappa shape index (κ3) is 2.57. The Morgan fingerprint density at radius 2 is 2.08 bits per heavy atom. The molecule has 2 aliphatic rings. The zero-order valence-corrected chi connectivity index (χ0v) is 14.4. The summed E-state index contributed by atoms with van der Waals surface area (Å²) in [4.78, 5) is 17.0. The molecule has 1 N–H and O–H groups in total. The number of ether oxygens (including phenoxy) is 1. The van der Waals surface area contributed by atoms with Crippen LogP contribution in [0.3, 0.4) is 0 Å². The van der Waals surface area contributed by atoms with E-state index in [2.05, 4.69) is 21.5 Å². The molecule has 1 aromatic carbocycles. The molecular formula is C20H20N4O2. The van der Waals surface area contributed by atoms with Crippen molar-refractivity contribution in [3.05, 3.63) is 64.2 Å². The number of benzene rings is 1. The number of nitrogens with zero attached hydrogens (tertiary/aromatic N) is 3. The number of nitrogens with one attached hydrogen (secondary N) is 1. The van der Waals surface area contributed by atoms with Gasteiger partial charge in [0.15, 0.2) is 0 Å². The number of aromatic nitrogens is 3. The van der Waals surface area contributed by atoms with Crippen LogP contribution in [-0.2, 0) is 17.6 Å². The van der Waals surface area contributed by atoms with Gasteiger partial charge < -0.3 is 10.1 Å². The second kappa shape index (κ2) is 6.21. The zero-order chi connectivity index (χ0) is 17.5. The number of anilines is 1. The van der Waals surface area contributed by atoms with Crippen LogP contribution in [0.15, 0.2) is 47.4 Å². The van der Waals surface area contributed by atoms with Gasteiger partial charge in [0.05, 0.1) is 30.5 Å². The Morgan fingerprint density at radius 1 is 1.15 bits per heavy atom. The summed E-state index contributed by atoms with van der Waals surface area (Å²) in [5.41, 5.74) is 4.08. The smallest absolute Gasteiger partial charge is 0.267 e. The molecule has 1 fully saturated rings. The highest BCUT2D eigenvalue weighted by Gasteiger charge is 2.32. The van der Waals surface area contributed by atoms with Crippen LogP contribution < -0.4 is 10.9 Å². The van der Waals surface area contributed by atoms with Gasteiger partial charge in [-0.1, -0.05) is 18.2 Å². The Bertz CT molecular complexity index is 1020. The number of rotatable bonds is 3. The summed E-state index contributed by atoms with van der Waals surface area (Å²) in [6.07, 6.45) is 4.80. The molecule has 0 amide bonds. The third-order valence-corrected chi connectivity index (χ3v) is 5.34. The predicted molar refractivity (Wildman–Crippen MR) is 99.5 cm³/mol. The summed E-state index contributed by atoms with van der Waals surface area (Å²) in [5, 5.41) is 9.29. The van der Waals surface area contributed by atoms with Gasteiger partial charge >= 0.3 is 0 Å². The summed E-state index contributed by atoms with van der Waals surface area (Å²) in [5.74, 6) is 0. The van der Waals surface area contributed by atoms with Gasteiger partial charge in [0.25, 0.3) is 5.56 Å². The van der Waals surface area contributed by atoms with Crippen LogP contribution in [0.25, 0.3) is 10.9 Å². The average Bonchev–Trinajstić information content (AvgIpc) is 3.30. The van der Waals surface area contributed by atoms with Gasteiger partial charge in [0.1, 0.15) is 6.04 Å². The predicted octanol–water partition coefficient (Wildman–Crippen LogP) is 2.33. The molecule has 2 unspecified atom stereocenters. The molecule has 1 aliphatic heterocycles. The van der Waals surface area contributed by atoms with Crippen molar-refractivity contribution in [1.29, 1.82) is 0 Å². The Kier molecular flexibility index (Phi) is 3.71. The van der Waals surface area contributed by atoms with E-state index in [-0.39, 0.29) is 17.6 Å². The number of aryl methyl sites for hydroxylation is 2. The van der Waals surface area contributed by atoms with Gasteiger partial charge in [0, 0.05) is 23.3 Å². The minimum absolute atomic E-state index is 0.00883. The van der Waals surface area contributed by atoms with E-state index in [9.17, 15) is 4.79 Å². The van der Waals surface area contributed by atoms with E-state index in [4.69, 9.17) is 4.74 Å². The van der Waals surface area contributed by atoms with Crippen molar-refractivity contribution in [3.63, 3.8) is 0 Å². The number of pyridine rings is 1. The van der Waals surface area contributed by atoms with Gasteiger partial charge in [-0.2, -0.15) is 5.10 Å². The first kappa shape index (κ1) is 15.5. The lowest BCUT2D eigenvalue weighted by Crippen LogP contribution is -2.37. The minimum atomic E-state index is -0.111. The summed E-state index contributed by atoms with van der Waals surface area (Å²) in [7, 11) is 0. The fourth-order valence-electron chi connectivity index (χ4n) is 4.00. The molecule has 3 aromatic rings. The average molecular weight is 348 g/mol. The van der Waals surface area contributed by atoms with Crippen molar-refractivity contribution in [2.45, 2.75) is 31.3 Å². The van der Waals surface area contributed by atoms with Gasteiger partial charge in [0.2, 0.25) is 0 Å². The molecule has 1 saturated heterocycles. The van der Waals surface area contributed by atoms with Crippen LogP contribution in [0.1, 0.15) is 23.7 Å². The van der Waals surface area contributed by atoms with Crippen molar-refractivity contribution in [2.24, 2.45) is 0 Å². The molecule has 6 nitrogen and oxygen atoms in total. The number of hydrogen-bond acceptors (Lipinski definition) is 5. The lowest BCUT2D eigenvalue weighted by molar-refractivity contribution is 0.182. The number of para-hydroxylation sites is 1. The Morgan fingerprint density at radius 3 is 3.04 bits per heavy atom. The topological polar surface area (TPSA) is 69.0 Å². The van der Waals surface area contributed by atoms with Gasteiger partial charge in [-0.3, -0.25) is 9.78 Å². The molecule has 5 rings (SSSR count). The van der Waals surface area contributed by atoms with E-state index in [1.807, 2.05) is 24.3 Å². The summed E-state index contributed by atoms with van der Waals surface area (Å²) >= 11 is 0. The molecule has 132 valence electrons. The molecule has 0 spiro atoms. The highest BCUT2D eigenvalue weighted by Crippen LogP contribution is 2.27. The van der Waals surface area contributed by atoms with Crippen LogP contribution in [0.4, 0.5) is 5.69 Å². The van der Waals surface area contributed by atoms with E-state index >= 15 is 0 Å². The van der Waals surface area contributed by atoms with Crippen molar-refractivity contribution < 1.29 is 4.74 Å². The quantitative estimate of drug-likeness (QED) is 0.787. The molecular weight excluding hydrogens is 328 g/mol. The van der Waals surface area contributed by atoms with Crippen LogP contribution in [0, 0.1) is 0 Å². The first-order valence-electron chi connectivity index (χ1n) is 9.09. The maximum Gasteiger partial charge on any atom is 0.267 e. The van der Waals surface area contributed by atoms with Gasteiger partial charge in [-0.05, 0) is 37.0 Å². The highest BCUT2D eigenvalue weighted by atomic mass is 16.5. The van der Waals surface area contributed by atoms with Gasteiger partial charge in [-0.25, -0.2) is 4.68 Å².